The number of pyridine rings is 1. The molecule has 0 bridgehead atoms. The van der Waals surface area contributed by atoms with Crippen LogP contribution in [0.5, 0.6) is 0 Å². The molecule has 0 aliphatic rings. The number of aromatic nitrogens is 3. The largest absolute Gasteiger partial charge is 0.462 e. The van der Waals surface area contributed by atoms with Gasteiger partial charge in [-0.3, -0.25) is 4.79 Å². The first-order chi connectivity index (χ1) is 15.9. The van der Waals surface area contributed by atoms with Crippen LogP contribution in [0.2, 0.25) is 0 Å². The van der Waals surface area contributed by atoms with E-state index in [1.807, 2.05) is 38.1 Å². The second-order valence-corrected chi connectivity index (χ2v) is 7.66. The third kappa shape index (κ3) is 4.59. The van der Waals surface area contributed by atoms with E-state index in [9.17, 15) is 14.0 Å². The summed E-state index contributed by atoms with van der Waals surface area (Å²) in [5.74, 6) is -0.741. The maximum absolute atomic E-state index is 13.2. The summed E-state index contributed by atoms with van der Waals surface area (Å²) in [4.78, 5) is 30.1. The van der Waals surface area contributed by atoms with Crippen LogP contribution in [-0.4, -0.2) is 33.2 Å². The topological polar surface area (TPSA) is 86.1 Å². The molecule has 0 aliphatic carbocycles. The Labute approximate surface area is 190 Å². The van der Waals surface area contributed by atoms with Gasteiger partial charge in [-0.1, -0.05) is 30.3 Å². The van der Waals surface area contributed by atoms with Crippen molar-refractivity contribution in [3.05, 3.63) is 82.8 Å². The molecule has 168 valence electrons. The van der Waals surface area contributed by atoms with E-state index in [4.69, 9.17) is 9.72 Å². The summed E-state index contributed by atoms with van der Waals surface area (Å²) in [5, 5.41) is 8.11. The molecule has 0 fully saturated rings. The van der Waals surface area contributed by atoms with Crippen LogP contribution in [0.1, 0.15) is 34.0 Å². The molecule has 2 aromatic carbocycles. The standard InChI is InChI=1S/C25H23FN4O3/c1-4-33-25(32)20-14-27-30(21-12-16(3)19-7-5-6-15(2)23(19)28-21)24(20)29-22(31)13-17-8-10-18(26)11-9-17/h5-12,14H,4,13H2,1-3H3,(H,29,31). The van der Waals surface area contributed by atoms with E-state index < -0.39 is 5.97 Å². The minimum absolute atomic E-state index is 0.00297. The number of nitrogens with zero attached hydrogens (tertiary/aromatic N) is 3. The summed E-state index contributed by atoms with van der Waals surface area (Å²) < 4.78 is 19.7. The first-order valence-electron chi connectivity index (χ1n) is 10.5. The normalized spacial score (nSPS) is 10.9. The first-order valence-corrected chi connectivity index (χ1v) is 10.5. The van der Waals surface area contributed by atoms with E-state index in [2.05, 4.69) is 10.4 Å². The average Bonchev–Trinajstić information content (AvgIpc) is 3.19. The van der Waals surface area contributed by atoms with Gasteiger partial charge in [0.1, 0.15) is 11.4 Å². The van der Waals surface area contributed by atoms with E-state index in [0.29, 0.717) is 11.4 Å². The zero-order valence-corrected chi connectivity index (χ0v) is 18.6. The van der Waals surface area contributed by atoms with Crippen molar-refractivity contribution in [1.82, 2.24) is 14.8 Å². The van der Waals surface area contributed by atoms with Crippen LogP contribution in [0, 0.1) is 19.7 Å². The van der Waals surface area contributed by atoms with Gasteiger partial charge in [-0.2, -0.15) is 9.78 Å². The lowest BCUT2D eigenvalue weighted by atomic mass is 10.1. The molecule has 1 amide bonds. The monoisotopic (exact) mass is 446 g/mol. The van der Waals surface area contributed by atoms with Gasteiger partial charge in [0, 0.05) is 5.39 Å². The summed E-state index contributed by atoms with van der Waals surface area (Å²) in [7, 11) is 0. The number of ether oxygens (including phenoxy) is 1. The Bertz CT molecular complexity index is 1350. The molecule has 2 aromatic heterocycles. The number of carbonyl (C=O) groups excluding carboxylic acids is 2. The molecule has 0 saturated carbocycles. The van der Waals surface area contributed by atoms with Crippen LogP contribution < -0.4 is 5.32 Å². The van der Waals surface area contributed by atoms with Crippen LogP contribution >= 0.6 is 0 Å². The fourth-order valence-corrected chi connectivity index (χ4v) is 3.62. The van der Waals surface area contributed by atoms with Crippen LogP contribution in [0.15, 0.2) is 54.7 Å². The van der Waals surface area contributed by atoms with Crippen LogP contribution in [0.4, 0.5) is 10.2 Å². The number of carbonyl (C=O) groups is 2. The minimum Gasteiger partial charge on any atom is -0.462 e. The lowest BCUT2D eigenvalue weighted by Crippen LogP contribution is -2.20. The van der Waals surface area contributed by atoms with Crippen LogP contribution in [0.3, 0.4) is 0 Å². The Morgan fingerprint density at radius 2 is 1.85 bits per heavy atom. The quantitative estimate of drug-likeness (QED) is 0.440. The summed E-state index contributed by atoms with van der Waals surface area (Å²) in [6.45, 7) is 5.82. The molecule has 0 unspecified atom stereocenters. The van der Waals surface area contributed by atoms with Crippen molar-refractivity contribution in [3.8, 4) is 5.82 Å². The molecule has 8 heteroatoms. The lowest BCUT2D eigenvalue weighted by molar-refractivity contribution is -0.115. The number of benzene rings is 2. The van der Waals surface area contributed by atoms with Crippen molar-refractivity contribution in [2.24, 2.45) is 0 Å². The molecule has 2 heterocycles. The SMILES string of the molecule is CCOC(=O)c1cnn(-c2cc(C)c3cccc(C)c3n2)c1NC(=O)Cc1ccc(F)cc1. The predicted molar refractivity (Wildman–Crippen MR) is 123 cm³/mol. The number of rotatable bonds is 6. The van der Waals surface area contributed by atoms with Gasteiger partial charge in [0.25, 0.3) is 0 Å². The first kappa shape index (κ1) is 22.1. The Morgan fingerprint density at radius 1 is 1.09 bits per heavy atom. The van der Waals surface area contributed by atoms with Gasteiger partial charge in [-0.15, -0.1) is 0 Å². The Kier molecular flexibility index (Phi) is 6.17. The minimum atomic E-state index is -0.602. The van der Waals surface area contributed by atoms with E-state index in [0.717, 1.165) is 22.0 Å². The number of amides is 1. The molecule has 0 saturated heterocycles. The van der Waals surface area contributed by atoms with E-state index >= 15 is 0 Å². The highest BCUT2D eigenvalue weighted by atomic mass is 19.1. The molecular weight excluding hydrogens is 423 g/mol. The molecule has 0 aliphatic heterocycles. The summed E-state index contributed by atoms with van der Waals surface area (Å²) in [6, 6.07) is 13.4. The van der Waals surface area contributed by atoms with Gasteiger partial charge in [-0.25, -0.2) is 14.2 Å². The third-order valence-corrected chi connectivity index (χ3v) is 5.25. The summed E-state index contributed by atoms with van der Waals surface area (Å²) in [6.07, 6.45) is 1.35. The number of anilines is 1. The van der Waals surface area contributed by atoms with Crippen molar-refractivity contribution in [2.45, 2.75) is 27.2 Å². The molecule has 33 heavy (non-hydrogen) atoms. The van der Waals surface area contributed by atoms with E-state index in [1.165, 1.54) is 35.1 Å². The molecular formula is C25H23FN4O3. The van der Waals surface area contributed by atoms with Crippen molar-refractivity contribution in [3.63, 3.8) is 0 Å². The number of fused-ring (bicyclic) bond motifs is 1. The van der Waals surface area contributed by atoms with E-state index in [1.54, 1.807) is 6.92 Å². The predicted octanol–water partition coefficient (Wildman–Crippen LogP) is 4.53. The molecule has 4 aromatic rings. The van der Waals surface area contributed by atoms with Gasteiger partial charge >= 0.3 is 5.97 Å². The van der Waals surface area contributed by atoms with Gasteiger partial charge in [-0.05, 0) is 55.7 Å². The zero-order chi connectivity index (χ0) is 23.5. The number of para-hydroxylation sites is 1. The van der Waals surface area contributed by atoms with Gasteiger partial charge in [0.05, 0.1) is 24.7 Å². The maximum atomic E-state index is 13.2. The van der Waals surface area contributed by atoms with Crippen molar-refractivity contribution < 1.29 is 18.7 Å². The number of halogens is 1. The van der Waals surface area contributed by atoms with E-state index in [-0.39, 0.29) is 36.1 Å². The number of hydrogen-bond donors (Lipinski definition) is 1. The second kappa shape index (κ2) is 9.20. The number of hydrogen-bond acceptors (Lipinski definition) is 5. The summed E-state index contributed by atoms with van der Waals surface area (Å²) >= 11 is 0. The highest BCUT2D eigenvalue weighted by molar-refractivity contribution is 6.01. The molecule has 4 rings (SSSR count). The maximum Gasteiger partial charge on any atom is 0.343 e. The smallest absolute Gasteiger partial charge is 0.343 e. The molecule has 7 nitrogen and oxygen atoms in total. The fraction of sp³-hybridized carbons (Fsp3) is 0.200. The Hall–Kier alpha value is -4.07. The number of esters is 1. The van der Waals surface area contributed by atoms with Crippen LogP contribution in [-0.2, 0) is 16.0 Å². The molecule has 0 spiro atoms. The third-order valence-electron chi connectivity index (χ3n) is 5.25. The van der Waals surface area contributed by atoms with Gasteiger partial charge in [0.15, 0.2) is 11.6 Å². The molecule has 0 radical (unpaired) electrons. The van der Waals surface area contributed by atoms with Crippen molar-refractivity contribution in [2.75, 3.05) is 11.9 Å². The Morgan fingerprint density at radius 3 is 2.58 bits per heavy atom. The molecule has 0 atom stereocenters. The highest BCUT2D eigenvalue weighted by Gasteiger charge is 2.23. The second-order valence-electron chi connectivity index (χ2n) is 7.66. The average molecular weight is 446 g/mol. The van der Waals surface area contributed by atoms with Gasteiger partial charge in [0.2, 0.25) is 5.91 Å². The highest BCUT2D eigenvalue weighted by Crippen LogP contribution is 2.26. The Balaban J connectivity index is 1.75. The van der Waals surface area contributed by atoms with Crippen molar-refractivity contribution >= 4 is 28.6 Å². The fourth-order valence-electron chi connectivity index (χ4n) is 3.62. The zero-order valence-electron chi connectivity index (χ0n) is 18.6. The number of nitrogens with one attached hydrogen (secondary N) is 1. The molecule has 1 N–H and O–H groups in total. The van der Waals surface area contributed by atoms with Gasteiger partial charge < -0.3 is 10.1 Å². The number of aryl methyl sites for hydroxylation is 2. The summed E-state index contributed by atoms with van der Waals surface area (Å²) in [5.41, 5.74) is 3.54. The van der Waals surface area contributed by atoms with Crippen LogP contribution in [0.25, 0.3) is 16.7 Å². The lowest BCUT2D eigenvalue weighted by Gasteiger charge is -2.13. The van der Waals surface area contributed by atoms with Crippen molar-refractivity contribution in [1.29, 1.82) is 0 Å².